The molecular formula is C22H32O3. The van der Waals surface area contributed by atoms with Crippen molar-refractivity contribution in [2.45, 2.75) is 60.8 Å². The Bertz CT molecular complexity index is 615. The number of ether oxygens (including phenoxy) is 1. The number of allylic oxidation sites excluding steroid dienone is 7. The minimum Gasteiger partial charge on any atom is -0.462 e. The minimum atomic E-state index is -0.290. The maximum absolute atomic E-state index is 12.5. The molecule has 0 saturated heterocycles. The Morgan fingerprint density at radius 1 is 1.24 bits per heavy atom. The molecular weight excluding hydrogens is 312 g/mol. The van der Waals surface area contributed by atoms with Gasteiger partial charge in [-0.25, -0.2) is 0 Å². The van der Waals surface area contributed by atoms with Crippen LogP contribution in [0.25, 0.3) is 0 Å². The van der Waals surface area contributed by atoms with Crippen molar-refractivity contribution in [2.75, 3.05) is 6.61 Å². The van der Waals surface area contributed by atoms with Gasteiger partial charge in [0.1, 0.15) is 6.61 Å². The lowest BCUT2D eigenvalue weighted by Crippen LogP contribution is -2.25. The van der Waals surface area contributed by atoms with E-state index in [2.05, 4.69) is 20.8 Å². The highest BCUT2D eigenvalue weighted by Gasteiger charge is 2.31. The van der Waals surface area contributed by atoms with Crippen LogP contribution in [0.5, 0.6) is 0 Å². The zero-order valence-corrected chi connectivity index (χ0v) is 16.5. The fourth-order valence-corrected chi connectivity index (χ4v) is 3.19. The van der Waals surface area contributed by atoms with Crippen molar-refractivity contribution < 1.29 is 14.3 Å². The third-order valence-electron chi connectivity index (χ3n) is 4.82. The van der Waals surface area contributed by atoms with E-state index >= 15 is 0 Å². The molecule has 1 unspecified atom stereocenters. The largest absolute Gasteiger partial charge is 0.462 e. The van der Waals surface area contributed by atoms with Crippen LogP contribution in [0.15, 0.2) is 47.1 Å². The van der Waals surface area contributed by atoms with Crippen LogP contribution in [0.1, 0.15) is 60.8 Å². The number of ketones is 1. The highest BCUT2D eigenvalue weighted by atomic mass is 16.5. The quantitative estimate of drug-likeness (QED) is 0.371. The average Bonchev–Trinajstić information content (AvgIpc) is 2.50. The standard InChI is InChI=1S/C22H32O3/c1-16(12-14-25-19(4)23)9-7-10-18(3)21(24)15-20-17(2)11-8-13-22(20,5)6/h7,9-10,12,15,17H,8,11,13-14H2,1-6H3. The van der Waals surface area contributed by atoms with Gasteiger partial charge in [-0.3, -0.25) is 9.59 Å². The smallest absolute Gasteiger partial charge is 0.302 e. The summed E-state index contributed by atoms with van der Waals surface area (Å²) in [6, 6.07) is 0. The number of hydrogen-bond acceptors (Lipinski definition) is 3. The van der Waals surface area contributed by atoms with E-state index < -0.39 is 0 Å². The molecule has 138 valence electrons. The van der Waals surface area contributed by atoms with Crippen LogP contribution < -0.4 is 0 Å². The van der Waals surface area contributed by atoms with Gasteiger partial charge in [-0.2, -0.15) is 0 Å². The first-order valence-electron chi connectivity index (χ1n) is 9.05. The van der Waals surface area contributed by atoms with Crippen LogP contribution in [0, 0.1) is 11.3 Å². The van der Waals surface area contributed by atoms with Crippen molar-refractivity contribution in [3.05, 3.63) is 47.1 Å². The Morgan fingerprint density at radius 3 is 2.52 bits per heavy atom. The molecule has 1 atom stereocenters. The third kappa shape index (κ3) is 7.25. The Balaban J connectivity index is 2.74. The molecule has 1 saturated carbocycles. The zero-order chi connectivity index (χ0) is 19.0. The fourth-order valence-electron chi connectivity index (χ4n) is 3.19. The molecule has 0 heterocycles. The number of esters is 1. The van der Waals surface area contributed by atoms with E-state index in [4.69, 9.17) is 4.74 Å². The third-order valence-corrected chi connectivity index (χ3v) is 4.82. The van der Waals surface area contributed by atoms with Crippen LogP contribution in [-0.4, -0.2) is 18.4 Å². The zero-order valence-electron chi connectivity index (χ0n) is 16.5. The van der Waals surface area contributed by atoms with Crippen molar-refractivity contribution in [1.82, 2.24) is 0 Å². The van der Waals surface area contributed by atoms with E-state index in [0.717, 1.165) is 24.0 Å². The number of carbonyl (C=O) groups excluding carboxylic acids is 2. The molecule has 1 aliphatic carbocycles. The molecule has 1 rings (SSSR count). The predicted octanol–water partition coefficient (Wildman–Crippen LogP) is 5.34. The lowest BCUT2D eigenvalue weighted by molar-refractivity contribution is -0.139. The van der Waals surface area contributed by atoms with Crippen LogP contribution in [0.4, 0.5) is 0 Å². The molecule has 0 aromatic heterocycles. The van der Waals surface area contributed by atoms with Gasteiger partial charge in [0.25, 0.3) is 0 Å². The molecule has 0 N–H and O–H groups in total. The van der Waals surface area contributed by atoms with Gasteiger partial charge in [0, 0.05) is 6.92 Å². The first-order valence-corrected chi connectivity index (χ1v) is 9.05. The molecule has 25 heavy (non-hydrogen) atoms. The summed E-state index contributed by atoms with van der Waals surface area (Å²) in [6.45, 7) is 12.1. The Kier molecular flexibility index (Phi) is 8.08. The Morgan fingerprint density at radius 2 is 1.92 bits per heavy atom. The van der Waals surface area contributed by atoms with E-state index in [-0.39, 0.29) is 23.8 Å². The van der Waals surface area contributed by atoms with Crippen molar-refractivity contribution in [2.24, 2.45) is 11.3 Å². The van der Waals surface area contributed by atoms with Crippen molar-refractivity contribution in [3.8, 4) is 0 Å². The number of carbonyl (C=O) groups is 2. The minimum absolute atomic E-state index is 0.0861. The SMILES string of the molecule is CC(=O)OCC=C(C)C=CC=C(C)C(=O)C=C1C(C)CCCC1(C)C. The van der Waals surface area contributed by atoms with Gasteiger partial charge in [0.2, 0.25) is 0 Å². The molecule has 0 spiro atoms. The predicted molar refractivity (Wildman–Crippen MR) is 103 cm³/mol. The van der Waals surface area contributed by atoms with Crippen LogP contribution >= 0.6 is 0 Å². The molecule has 0 aromatic rings. The van der Waals surface area contributed by atoms with Gasteiger partial charge in [-0.1, -0.05) is 56.6 Å². The first kappa shape index (κ1) is 21.1. The van der Waals surface area contributed by atoms with E-state index in [9.17, 15) is 9.59 Å². The second-order valence-electron chi connectivity index (χ2n) is 7.60. The monoisotopic (exact) mass is 344 g/mol. The average molecular weight is 344 g/mol. The second kappa shape index (κ2) is 9.55. The number of rotatable bonds is 6. The Labute approximate surface area is 152 Å². The van der Waals surface area contributed by atoms with Crippen molar-refractivity contribution in [3.63, 3.8) is 0 Å². The lowest BCUT2D eigenvalue weighted by Gasteiger charge is -2.37. The summed E-state index contributed by atoms with van der Waals surface area (Å²) in [6.07, 6.45) is 12.8. The molecule has 0 aliphatic heterocycles. The van der Waals surface area contributed by atoms with E-state index in [1.54, 1.807) is 0 Å². The molecule has 0 aromatic carbocycles. The fraction of sp³-hybridized carbons (Fsp3) is 0.545. The molecule has 3 heteroatoms. The lowest BCUT2D eigenvalue weighted by atomic mass is 9.68. The molecule has 1 aliphatic rings. The normalized spacial score (nSPS) is 23.1. The second-order valence-corrected chi connectivity index (χ2v) is 7.60. The summed E-state index contributed by atoms with van der Waals surface area (Å²) in [5.41, 5.74) is 3.10. The summed E-state index contributed by atoms with van der Waals surface area (Å²) in [7, 11) is 0. The van der Waals surface area contributed by atoms with Gasteiger partial charge in [-0.05, 0) is 55.7 Å². The molecule has 0 radical (unpaired) electrons. The van der Waals surface area contributed by atoms with Crippen LogP contribution in [0.2, 0.25) is 0 Å². The highest BCUT2D eigenvalue weighted by Crippen LogP contribution is 2.43. The highest BCUT2D eigenvalue weighted by molar-refractivity contribution is 6.04. The molecule has 0 bridgehead atoms. The maximum Gasteiger partial charge on any atom is 0.302 e. The Hall–Kier alpha value is -1.90. The summed E-state index contributed by atoms with van der Waals surface area (Å²) in [5.74, 6) is 0.271. The van der Waals surface area contributed by atoms with E-state index in [1.165, 1.54) is 18.9 Å². The summed E-state index contributed by atoms with van der Waals surface area (Å²) in [4.78, 5) is 23.2. The van der Waals surface area contributed by atoms with Crippen molar-refractivity contribution in [1.29, 1.82) is 0 Å². The van der Waals surface area contributed by atoms with Gasteiger partial charge in [0.15, 0.2) is 5.78 Å². The van der Waals surface area contributed by atoms with Crippen LogP contribution in [0.3, 0.4) is 0 Å². The van der Waals surface area contributed by atoms with Gasteiger partial charge in [0.05, 0.1) is 0 Å². The first-order chi connectivity index (χ1) is 11.6. The van der Waals surface area contributed by atoms with Gasteiger partial charge < -0.3 is 4.74 Å². The van der Waals surface area contributed by atoms with Gasteiger partial charge >= 0.3 is 5.97 Å². The number of hydrogen-bond donors (Lipinski definition) is 0. The summed E-state index contributed by atoms with van der Waals surface area (Å²) >= 11 is 0. The topological polar surface area (TPSA) is 43.4 Å². The van der Waals surface area contributed by atoms with E-state index in [1.807, 2.05) is 44.2 Å². The van der Waals surface area contributed by atoms with E-state index in [0.29, 0.717) is 5.92 Å². The summed E-state index contributed by atoms with van der Waals surface area (Å²) in [5, 5.41) is 0. The maximum atomic E-state index is 12.5. The van der Waals surface area contributed by atoms with Crippen LogP contribution in [-0.2, 0) is 14.3 Å². The molecule has 0 amide bonds. The van der Waals surface area contributed by atoms with Gasteiger partial charge in [-0.15, -0.1) is 0 Å². The molecule has 1 fully saturated rings. The summed E-state index contributed by atoms with van der Waals surface area (Å²) < 4.78 is 4.87. The van der Waals surface area contributed by atoms with Crippen molar-refractivity contribution >= 4 is 11.8 Å². The molecule has 3 nitrogen and oxygen atoms in total.